The molecule has 2 heterocycles. The predicted octanol–water partition coefficient (Wildman–Crippen LogP) is 6.35. The number of hydrogen-bond donors (Lipinski definition) is 0. The summed E-state index contributed by atoms with van der Waals surface area (Å²) in [6, 6.07) is 20.0. The standard InChI is InChI=1S/C33H31NO3/c1-19-10-13-21(14-11-19)27-28(31(37)32(3,4)5)34-25-16-12-20(2)18-22(25)15-17-26(34)33(27)29(35)23-8-6-7-9-24(23)30(33)36/h6-18,26-28H,1-5H3. The number of rotatable bonds is 2. The minimum atomic E-state index is -1.43. The van der Waals surface area contributed by atoms with Crippen LogP contribution in [-0.4, -0.2) is 29.4 Å². The molecular weight excluding hydrogens is 458 g/mol. The van der Waals surface area contributed by atoms with Crippen molar-refractivity contribution in [3.05, 3.63) is 106 Å². The van der Waals surface area contributed by atoms with Crippen molar-refractivity contribution in [3.8, 4) is 0 Å². The summed E-state index contributed by atoms with van der Waals surface area (Å²) in [6.45, 7) is 9.82. The van der Waals surface area contributed by atoms with E-state index in [-0.39, 0.29) is 17.3 Å². The average Bonchev–Trinajstić information content (AvgIpc) is 3.29. The number of hydrogen-bond acceptors (Lipinski definition) is 4. The third-order valence-corrected chi connectivity index (χ3v) is 8.40. The molecule has 0 saturated carbocycles. The molecule has 0 radical (unpaired) electrons. The summed E-state index contributed by atoms with van der Waals surface area (Å²) >= 11 is 0. The number of carbonyl (C=O) groups excluding carboxylic acids is 3. The molecule has 0 amide bonds. The molecule has 1 aliphatic carbocycles. The van der Waals surface area contributed by atoms with Gasteiger partial charge in [-0.3, -0.25) is 14.4 Å². The van der Waals surface area contributed by atoms with Gasteiger partial charge in [-0.2, -0.15) is 0 Å². The van der Waals surface area contributed by atoms with Crippen LogP contribution >= 0.6 is 0 Å². The van der Waals surface area contributed by atoms with Gasteiger partial charge in [0.25, 0.3) is 0 Å². The number of aryl methyl sites for hydroxylation is 2. The molecule has 1 saturated heterocycles. The highest BCUT2D eigenvalue weighted by Crippen LogP contribution is 2.61. The number of benzene rings is 3. The molecule has 0 bridgehead atoms. The number of ketones is 3. The van der Waals surface area contributed by atoms with Crippen molar-refractivity contribution in [2.75, 3.05) is 4.90 Å². The lowest BCUT2D eigenvalue weighted by Crippen LogP contribution is -2.49. The van der Waals surface area contributed by atoms with Gasteiger partial charge in [0.1, 0.15) is 5.41 Å². The number of nitrogens with zero attached hydrogens (tertiary/aromatic N) is 1. The topological polar surface area (TPSA) is 54.5 Å². The van der Waals surface area contributed by atoms with Crippen molar-refractivity contribution in [1.29, 1.82) is 0 Å². The van der Waals surface area contributed by atoms with E-state index in [1.165, 1.54) is 0 Å². The molecule has 1 spiro atoms. The normalized spacial score (nSPS) is 23.3. The maximum Gasteiger partial charge on any atom is 0.180 e. The Kier molecular flexibility index (Phi) is 5.01. The van der Waals surface area contributed by atoms with Gasteiger partial charge in [-0.1, -0.05) is 98.6 Å². The molecule has 4 nitrogen and oxygen atoms in total. The highest BCUT2D eigenvalue weighted by molar-refractivity contribution is 6.32. The Bertz CT molecular complexity index is 1470. The molecule has 1 fully saturated rings. The summed E-state index contributed by atoms with van der Waals surface area (Å²) in [5.41, 5.74) is 3.75. The lowest BCUT2D eigenvalue weighted by atomic mass is 9.63. The van der Waals surface area contributed by atoms with Gasteiger partial charge in [0.2, 0.25) is 0 Å². The van der Waals surface area contributed by atoms with Gasteiger partial charge in [-0.25, -0.2) is 0 Å². The lowest BCUT2D eigenvalue weighted by Gasteiger charge is -2.38. The zero-order valence-corrected chi connectivity index (χ0v) is 21.9. The Morgan fingerprint density at radius 1 is 0.838 bits per heavy atom. The Labute approximate surface area is 218 Å². The molecule has 3 aliphatic rings. The monoisotopic (exact) mass is 489 g/mol. The first kappa shape index (κ1) is 23.6. The second-order valence-corrected chi connectivity index (χ2v) is 11.8. The largest absolute Gasteiger partial charge is 0.352 e. The van der Waals surface area contributed by atoms with Crippen LogP contribution in [0, 0.1) is 24.7 Å². The molecule has 186 valence electrons. The van der Waals surface area contributed by atoms with Crippen molar-refractivity contribution < 1.29 is 14.4 Å². The third-order valence-electron chi connectivity index (χ3n) is 8.40. The highest BCUT2D eigenvalue weighted by Gasteiger charge is 2.71. The molecule has 3 aromatic rings. The highest BCUT2D eigenvalue weighted by atomic mass is 16.2. The molecule has 0 aromatic heterocycles. The minimum Gasteiger partial charge on any atom is -0.352 e. The molecule has 2 aliphatic heterocycles. The van der Waals surface area contributed by atoms with Gasteiger partial charge in [0.05, 0.1) is 12.1 Å². The van der Waals surface area contributed by atoms with Crippen LogP contribution in [-0.2, 0) is 4.79 Å². The van der Waals surface area contributed by atoms with E-state index in [0.29, 0.717) is 11.1 Å². The Balaban J connectivity index is 1.70. The van der Waals surface area contributed by atoms with Crippen molar-refractivity contribution >= 4 is 29.1 Å². The van der Waals surface area contributed by atoms with E-state index in [9.17, 15) is 14.4 Å². The van der Waals surface area contributed by atoms with E-state index in [0.717, 1.165) is 27.9 Å². The predicted molar refractivity (Wildman–Crippen MR) is 146 cm³/mol. The van der Waals surface area contributed by atoms with Crippen molar-refractivity contribution in [2.45, 2.75) is 52.6 Å². The zero-order chi connectivity index (χ0) is 26.3. The van der Waals surface area contributed by atoms with Crippen LogP contribution in [0.5, 0.6) is 0 Å². The fourth-order valence-corrected chi connectivity index (χ4v) is 6.69. The smallest absolute Gasteiger partial charge is 0.180 e. The minimum absolute atomic E-state index is 0.0262. The average molecular weight is 490 g/mol. The first-order valence-corrected chi connectivity index (χ1v) is 12.9. The van der Waals surface area contributed by atoms with E-state index in [2.05, 4.69) is 11.0 Å². The zero-order valence-electron chi connectivity index (χ0n) is 21.9. The molecular formula is C33H31NO3. The number of fused-ring (bicyclic) bond motifs is 5. The summed E-state index contributed by atoms with van der Waals surface area (Å²) in [6.07, 6.45) is 4.01. The van der Waals surface area contributed by atoms with E-state index in [1.54, 1.807) is 12.1 Å². The van der Waals surface area contributed by atoms with Crippen molar-refractivity contribution in [2.24, 2.45) is 10.8 Å². The molecule has 37 heavy (non-hydrogen) atoms. The van der Waals surface area contributed by atoms with Crippen LogP contribution in [0.1, 0.15) is 69.7 Å². The van der Waals surface area contributed by atoms with Gasteiger partial charge in [-0.05, 0) is 37.1 Å². The summed E-state index contributed by atoms with van der Waals surface area (Å²) in [4.78, 5) is 45.5. The number of carbonyl (C=O) groups is 3. The van der Waals surface area contributed by atoms with Gasteiger partial charge in [-0.15, -0.1) is 0 Å². The van der Waals surface area contributed by atoms with Gasteiger partial charge >= 0.3 is 0 Å². The second-order valence-electron chi connectivity index (χ2n) is 11.8. The fourth-order valence-electron chi connectivity index (χ4n) is 6.69. The Morgan fingerprint density at radius 2 is 1.43 bits per heavy atom. The lowest BCUT2D eigenvalue weighted by molar-refractivity contribution is -0.127. The Morgan fingerprint density at radius 3 is 2.03 bits per heavy atom. The number of Topliss-reactive ketones (excluding diaryl/α,β-unsaturated/α-hetero) is 3. The quantitative estimate of drug-likeness (QED) is 0.394. The molecule has 3 aromatic carbocycles. The van der Waals surface area contributed by atoms with E-state index < -0.39 is 28.8 Å². The number of anilines is 1. The van der Waals surface area contributed by atoms with E-state index >= 15 is 0 Å². The van der Waals surface area contributed by atoms with Crippen LogP contribution < -0.4 is 4.90 Å². The summed E-state index contributed by atoms with van der Waals surface area (Å²) in [5.74, 6) is -0.969. The van der Waals surface area contributed by atoms with Crippen LogP contribution in [0.15, 0.2) is 72.8 Å². The van der Waals surface area contributed by atoms with Crippen molar-refractivity contribution in [3.63, 3.8) is 0 Å². The maximum absolute atomic E-state index is 14.5. The molecule has 6 rings (SSSR count). The first-order valence-electron chi connectivity index (χ1n) is 12.9. The first-order chi connectivity index (χ1) is 17.6. The summed E-state index contributed by atoms with van der Waals surface area (Å²) < 4.78 is 0. The fraction of sp³-hybridized carbons (Fsp3) is 0.303. The van der Waals surface area contributed by atoms with E-state index in [4.69, 9.17) is 0 Å². The van der Waals surface area contributed by atoms with Crippen LogP contribution in [0.4, 0.5) is 5.69 Å². The summed E-state index contributed by atoms with van der Waals surface area (Å²) in [5, 5.41) is 0. The molecule has 3 atom stereocenters. The molecule has 3 unspecified atom stereocenters. The molecule has 0 N–H and O–H groups in total. The molecule has 4 heteroatoms. The maximum atomic E-state index is 14.5. The van der Waals surface area contributed by atoms with Gasteiger partial charge < -0.3 is 4.90 Å². The Hall–Kier alpha value is -3.79. The third kappa shape index (κ3) is 3.11. The van der Waals surface area contributed by atoms with Crippen LogP contribution in [0.2, 0.25) is 0 Å². The van der Waals surface area contributed by atoms with Gasteiger partial charge in [0, 0.05) is 28.1 Å². The summed E-state index contributed by atoms with van der Waals surface area (Å²) in [7, 11) is 0. The second kappa shape index (κ2) is 7.85. The van der Waals surface area contributed by atoms with Crippen LogP contribution in [0.3, 0.4) is 0 Å². The van der Waals surface area contributed by atoms with Crippen molar-refractivity contribution in [1.82, 2.24) is 0 Å². The van der Waals surface area contributed by atoms with Gasteiger partial charge in [0.15, 0.2) is 17.3 Å². The van der Waals surface area contributed by atoms with Crippen LogP contribution in [0.25, 0.3) is 6.08 Å². The SMILES string of the molecule is Cc1ccc(C2C(C(=O)C(C)(C)C)N3c4ccc(C)cc4C=CC3C23C(=O)c2ccccc2C3=O)cc1. The van der Waals surface area contributed by atoms with E-state index in [1.807, 2.05) is 95.3 Å².